The molecule has 1 aromatic carbocycles. The van der Waals surface area contributed by atoms with E-state index in [1.165, 1.54) is 12.1 Å². The van der Waals surface area contributed by atoms with Crippen LogP contribution in [0.3, 0.4) is 0 Å². The molecule has 104 valence electrons. The molecule has 1 aliphatic rings. The first-order valence-corrected chi connectivity index (χ1v) is 6.71. The Kier molecular flexibility index (Phi) is 4.55. The van der Waals surface area contributed by atoms with Crippen LogP contribution in [0.4, 0.5) is 4.39 Å². The maximum Gasteiger partial charge on any atom is 0.144 e. The number of ketones is 1. The summed E-state index contributed by atoms with van der Waals surface area (Å²) in [5.74, 6) is -0.495. The number of halogens is 2. The minimum atomic E-state index is -0.593. The molecule has 19 heavy (non-hydrogen) atoms. The second-order valence-electron chi connectivity index (χ2n) is 4.90. The molecule has 0 aliphatic carbocycles. The molecule has 0 saturated carbocycles. The van der Waals surface area contributed by atoms with Crippen LogP contribution in [0.2, 0.25) is 5.02 Å². The van der Waals surface area contributed by atoms with Crippen LogP contribution in [0.5, 0.6) is 0 Å². The maximum absolute atomic E-state index is 13.7. The van der Waals surface area contributed by atoms with E-state index >= 15 is 0 Å². The van der Waals surface area contributed by atoms with Gasteiger partial charge in [-0.1, -0.05) is 17.7 Å². The Balaban J connectivity index is 2.20. The van der Waals surface area contributed by atoms with Crippen LogP contribution in [-0.2, 0) is 16.0 Å². The zero-order chi connectivity index (χ0) is 13.9. The van der Waals surface area contributed by atoms with Crippen molar-refractivity contribution in [3.05, 3.63) is 34.6 Å². The summed E-state index contributed by atoms with van der Waals surface area (Å²) in [5, 5.41) is 0.285. The zero-order valence-electron chi connectivity index (χ0n) is 10.6. The van der Waals surface area contributed by atoms with E-state index in [0.29, 0.717) is 26.1 Å². The van der Waals surface area contributed by atoms with Gasteiger partial charge in [0.15, 0.2) is 0 Å². The van der Waals surface area contributed by atoms with Gasteiger partial charge in [-0.05, 0) is 25.0 Å². The molecule has 0 spiro atoms. The summed E-state index contributed by atoms with van der Waals surface area (Å²) in [6.07, 6.45) is 1.17. The van der Waals surface area contributed by atoms with Gasteiger partial charge in [0, 0.05) is 42.2 Å². The maximum atomic E-state index is 13.7. The molecule has 5 heteroatoms. The molecule has 0 atom stereocenters. The Bertz CT molecular complexity index is 452. The fourth-order valence-corrected chi connectivity index (χ4v) is 2.64. The van der Waals surface area contributed by atoms with Crippen LogP contribution in [-0.4, -0.2) is 25.5 Å². The second kappa shape index (κ2) is 5.99. The van der Waals surface area contributed by atoms with E-state index in [1.54, 1.807) is 6.07 Å². The molecule has 0 unspecified atom stereocenters. The predicted molar refractivity (Wildman–Crippen MR) is 71.7 cm³/mol. The summed E-state index contributed by atoms with van der Waals surface area (Å²) in [6, 6.07) is 4.43. The fraction of sp³-hybridized carbons (Fsp3) is 0.500. The van der Waals surface area contributed by atoms with Crippen LogP contribution in [0, 0.1) is 11.2 Å². The minimum Gasteiger partial charge on any atom is -0.381 e. The van der Waals surface area contributed by atoms with E-state index in [1.807, 2.05) is 0 Å². The summed E-state index contributed by atoms with van der Waals surface area (Å²) in [6.45, 7) is 1.31. The van der Waals surface area contributed by atoms with Gasteiger partial charge >= 0.3 is 0 Å². The first-order valence-electron chi connectivity index (χ1n) is 6.33. The van der Waals surface area contributed by atoms with E-state index in [0.717, 1.165) is 0 Å². The lowest BCUT2D eigenvalue weighted by molar-refractivity contribution is -0.132. The highest BCUT2D eigenvalue weighted by Crippen LogP contribution is 2.33. The van der Waals surface area contributed by atoms with E-state index in [-0.39, 0.29) is 29.3 Å². The van der Waals surface area contributed by atoms with Gasteiger partial charge in [-0.25, -0.2) is 4.39 Å². The van der Waals surface area contributed by atoms with Crippen LogP contribution in [0.15, 0.2) is 18.2 Å². The molecule has 1 aliphatic heterocycles. The van der Waals surface area contributed by atoms with Gasteiger partial charge < -0.3 is 10.5 Å². The standard InChI is InChI=1S/C14H17ClFNO2/c15-11-2-1-3-12(16)10(11)8-13(18)14(9-17)4-6-19-7-5-14/h1-3H,4-9,17H2. The Morgan fingerprint density at radius 3 is 2.68 bits per heavy atom. The van der Waals surface area contributed by atoms with Gasteiger partial charge in [-0.15, -0.1) is 0 Å². The lowest BCUT2D eigenvalue weighted by Crippen LogP contribution is -2.44. The number of hydrogen-bond donors (Lipinski definition) is 1. The largest absolute Gasteiger partial charge is 0.381 e. The minimum absolute atomic E-state index is 0.0112. The fourth-order valence-electron chi connectivity index (χ4n) is 2.41. The van der Waals surface area contributed by atoms with E-state index in [2.05, 4.69) is 0 Å². The Morgan fingerprint density at radius 1 is 1.42 bits per heavy atom. The number of hydrogen-bond acceptors (Lipinski definition) is 3. The van der Waals surface area contributed by atoms with Gasteiger partial charge in [0.1, 0.15) is 11.6 Å². The molecule has 1 heterocycles. The van der Waals surface area contributed by atoms with Crippen molar-refractivity contribution in [3.8, 4) is 0 Å². The molecule has 1 fully saturated rings. The predicted octanol–water partition coefficient (Wildman–Crippen LogP) is 2.35. The van der Waals surface area contributed by atoms with Crippen molar-refractivity contribution in [1.29, 1.82) is 0 Å². The van der Waals surface area contributed by atoms with E-state index < -0.39 is 11.2 Å². The number of carbonyl (C=O) groups is 1. The Labute approximate surface area is 116 Å². The summed E-state index contributed by atoms with van der Waals surface area (Å²) in [5.41, 5.74) is 5.43. The van der Waals surface area contributed by atoms with Crippen molar-refractivity contribution in [2.75, 3.05) is 19.8 Å². The summed E-state index contributed by atoms with van der Waals surface area (Å²) in [4.78, 5) is 12.5. The quantitative estimate of drug-likeness (QED) is 0.924. The molecular weight excluding hydrogens is 269 g/mol. The first kappa shape index (κ1) is 14.4. The molecule has 2 rings (SSSR count). The molecular formula is C14H17ClFNO2. The number of rotatable bonds is 4. The highest BCUT2D eigenvalue weighted by molar-refractivity contribution is 6.31. The number of Topliss-reactive ketones (excluding diaryl/α,β-unsaturated/α-hetero) is 1. The SMILES string of the molecule is NCC1(C(=O)Cc2c(F)cccc2Cl)CCOCC1. The third-order valence-electron chi connectivity index (χ3n) is 3.83. The number of carbonyl (C=O) groups excluding carboxylic acids is 1. The molecule has 3 nitrogen and oxygen atoms in total. The Morgan fingerprint density at radius 2 is 2.11 bits per heavy atom. The normalized spacial score (nSPS) is 18.3. The molecule has 1 aromatic rings. The average molecular weight is 286 g/mol. The number of benzene rings is 1. The monoisotopic (exact) mass is 285 g/mol. The second-order valence-corrected chi connectivity index (χ2v) is 5.30. The molecule has 0 bridgehead atoms. The van der Waals surface area contributed by atoms with Gasteiger partial charge in [-0.2, -0.15) is 0 Å². The highest BCUT2D eigenvalue weighted by atomic mass is 35.5. The van der Waals surface area contributed by atoms with Gasteiger partial charge in [0.2, 0.25) is 0 Å². The molecule has 2 N–H and O–H groups in total. The highest BCUT2D eigenvalue weighted by Gasteiger charge is 2.38. The van der Waals surface area contributed by atoms with Crippen LogP contribution < -0.4 is 5.73 Å². The van der Waals surface area contributed by atoms with Crippen molar-refractivity contribution >= 4 is 17.4 Å². The third kappa shape index (κ3) is 2.96. The topological polar surface area (TPSA) is 52.3 Å². The summed E-state index contributed by atoms with van der Waals surface area (Å²) in [7, 11) is 0. The van der Waals surface area contributed by atoms with E-state index in [9.17, 15) is 9.18 Å². The van der Waals surface area contributed by atoms with Gasteiger partial charge in [-0.3, -0.25) is 4.79 Å². The number of nitrogens with two attached hydrogens (primary N) is 1. The molecule has 0 aromatic heterocycles. The average Bonchev–Trinajstić information content (AvgIpc) is 2.43. The Hall–Kier alpha value is -0.970. The molecule has 0 radical (unpaired) electrons. The van der Waals surface area contributed by atoms with E-state index in [4.69, 9.17) is 22.1 Å². The summed E-state index contributed by atoms with van der Waals surface area (Å²) >= 11 is 5.95. The first-order chi connectivity index (χ1) is 9.09. The third-order valence-corrected chi connectivity index (χ3v) is 4.19. The van der Waals surface area contributed by atoms with Gasteiger partial charge in [0.25, 0.3) is 0 Å². The van der Waals surface area contributed by atoms with Crippen molar-refractivity contribution in [1.82, 2.24) is 0 Å². The molecule has 1 saturated heterocycles. The lowest BCUT2D eigenvalue weighted by Gasteiger charge is -2.34. The smallest absolute Gasteiger partial charge is 0.144 e. The van der Waals surface area contributed by atoms with Crippen molar-refractivity contribution in [2.45, 2.75) is 19.3 Å². The zero-order valence-corrected chi connectivity index (χ0v) is 11.4. The molecule has 0 amide bonds. The van der Waals surface area contributed by atoms with Crippen molar-refractivity contribution in [3.63, 3.8) is 0 Å². The lowest BCUT2D eigenvalue weighted by atomic mass is 9.74. The van der Waals surface area contributed by atoms with Crippen LogP contribution in [0.1, 0.15) is 18.4 Å². The number of ether oxygens (including phenoxy) is 1. The van der Waals surface area contributed by atoms with Gasteiger partial charge in [0.05, 0.1) is 0 Å². The van der Waals surface area contributed by atoms with Crippen molar-refractivity contribution in [2.24, 2.45) is 11.1 Å². The van der Waals surface area contributed by atoms with Crippen molar-refractivity contribution < 1.29 is 13.9 Å². The van der Waals surface area contributed by atoms with Crippen LogP contribution in [0.25, 0.3) is 0 Å². The van der Waals surface area contributed by atoms with Crippen LogP contribution >= 0.6 is 11.6 Å². The summed E-state index contributed by atoms with van der Waals surface area (Å²) < 4.78 is 19.0.